The zero-order valence-corrected chi connectivity index (χ0v) is 15.3. The first kappa shape index (κ1) is 18.5. The Hall–Kier alpha value is -2.28. The topological polar surface area (TPSA) is 71.1 Å². The molecule has 0 bridgehead atoms. The summed E-state index contributed by atoms with van der Waals surface area (Å²) in [5, 5.41) is 2.81. The molecular weight excluding hydrogens is 334 g/mol. The van der Waals surface area contributed by atoms with Crippen LogP contribution in [0.2, 0.25) is 0 Å². The highest BCUT2D eigenvalue weighted by Crippen LogP contribution is 2.20. The van der Waals surface area contributed by atoms with Gasteiger partial charge in [-0.1, -0.05) is 0 Å². The van der Waals surface area contributed by atoms with Gasteiger partial charge in [-0.3, -0.25) is 9.59 Å². The van der Waals surface area contributed by atoms with Crippen molar-refractivity contribution in [2.24, 2.45) is 0 Å². The molecule has 3 rings (SSSR count). The summed E-state index contributed by atoms with van der Waals surface area (Å²) in [6.07, 6.45) is 2.02. The number of methoxy groups -OCH3 is 1. The third-order valence-corrected chi connectivity index (χ3v) is 4.93. The van der Waals surface area contributed by atoms with E-state index in [9.17, 15) is 9.59 Å². The van der Waals surface area contributed by atoms with E-state index >= 15 is 0 Å². The number of hydrogen-bond acceptors (Lipinski definition) is 5. The van der Waals surface area contributed by atoms with E-state index in [0.29, 0.717) is 19.6 Å². The Bertz CT molecular complexity index is 606. The molecule has 2 amide bonds. The maximum absolute atomic E-state index is 12.3. The van der Waals surface area contributed by atoms with Crippen molar-refractivity contribution < 1.29 is 19.1 Å². The fraction of sp³-hybridized carbons (Fsp3) is 0.579. The smallest absolute Gasteiger partial charge is 0.232 e. The second kappa shape index (κ2) is 8.89. The van der Waals surface area contributed by atoms with Crippen molar-refractivity contribution >= 4 is 17.5 Å². The summed E-state index contributed by atoms with van der Waals surface area (Å²) in [5.41, 5.74) is 1.12. The lowest BCUT2D eigenvalue weighted by Gasteiger charge is -2.36. The zero-order chi connectivity index (χ0) is 18.4. The maximum Gasteiger partial charge on any atom is 0.232 e. The van der Waals surface area contributed by atoms with Crippen LogP contribution in [0.4, 0.5) is 5.69 Å². The van der Waals surface area contributed by atoms with E-state index in [4.69, 9.17) is 9.47 Å². The van der Waals surface area contributed by atoms with Gasteiger partial charge >= 0.3 is 0 Å². The molecule has 2 heterocycles. The summed E-state index contributed by atoms with van der Waals surface area (Å²) >= 11 is 0. The van der Waals surface area contributed by atoms with Gasteiger partial charge in [0.2, 0.25) is 11.8 Å². The molecule has 1 atom stereocenters. The molecule has 1 aromatic carbocycles. The molecule has 1 N–H and O–H groups in total. The number of piperazine rings is 1. The third-order valence-electron chi connectivity index (χ3n) is 4.93. The van der Waals surface area contributed by atoms with Gasteiger partial charge < -0.3 is 24.6 Å². The van der Waals surface area contributed by atoms with E-state index in [1.165, 1.54) is 0 Å². The Balaban J connectivity index is 1.40. The molecule has 0 saturated carbocycles. The molecule has 7 heteroatoms. The van der Waals surface area contributed by atoms with E-state index in [2.05, 4.69) is 10.2 Å². The molecule has 2 saturated heterocycles. The van der Waals surface area contributed by atoms with Gasteiger partial charge in [0, 0.05) is 45.0 Å². The predicted molar refractivity (Wildman–Crippen MR) is 98.4 cm³/mol. The van der Waals surface area contributed by atoms with Crippen molar-refractivity contribution in [3.05, 3.63) is 24.3 Å². The molecule has 2 fully saturated rings. The number of nitrogens with one attached hydrogen (secondary N) is 1. The van der Waals surface area contributed by atoms with Crippen molar-refractivity contribution in [1.82, 2.24) is 10.2 Å². The standard InChI is InChI=1S/C19H27N3O4/c1-25-16-6-4-15(5-7-16)21-8-10-22(11-9-21)19(24)13-18(23)20-14-17-3-2-12-26-17/h4-7,17H,2-3,8-14H2,1H3,(H,20,23). The van der Waals surface area contributed by atoms with Crippen molar-refractivity contribution in [3.8, 4) is 5.75 Å². The van der Waals surface area contributed by atoms with Crippen molar-refractivity contribution in [1.29, 1.82) is 0 Å². The number of nitrogens with zero attached hydrogens (tertiary/aromatic N) is 2. The van der Waals surface area contributed by atoms with Crippen LogP contribution in [0.3, 0.4) is 0 Å². The maximum atomic E-state index is 12.3. The molecule has 2 aliphatic heterocycles. The first-order valence-corrected chi connectivity index (χ1v) is 9.21. The summed E-state index contributed by atoms with van der Waals surface area (Å²) in [6, 6.07) is 7.92. The summed E-state index contributed by atoms with van der Waals surface area (Å²) in [4.78, 5) is 28.3. The Morgan fingerprint density at radius 3 is 2.54 bits per heavy atom. The van der Waals surface area contributed by atoms with Crippen molar-refractivity contribution in [2.45, 2.75) is 25.4 Å². The first-order valence-electron chi connectivity index (χ1n) is 9.21. The molecule has 1 aromatic rings. The van der Waals surface area contributed by atoms with E-state index in [0.717, 1.165) is 44.0 Å². The van der Waals surface area contributed by atoms with Gasteiger partial charge in [-0.15, -0.1) is 0 Å². The van der Waals surface area contributed by atoms with Crippen LogP contribution in [-0.4, -0.2) is 69.3 Å². The number of carbonyl (C=O) groups is 2. The number of amides is 2. The van der Waals surface area contributed by atoms with Crippen molar-refractivity contribution in [3.63, 3.8) is 0 Å². The minimum atomic E-state index is -0.219. The average molecular weight is 361 g/mol. The minimum absolute atomic E-state index is 0.0880. The molecule has 0 aromatic heterocycles. The van der Waals surface area contributed by atoms with Crippen LogP contribution in [0, 0.1) is 0 Å². The predicted octanol–water partition coefficient (Wildman–Crippen LogP) is 1.03. The largest absolute Gasteiger partial charge is 0.497 e. The molecule has 0 aliphatic carbocycles. The molecule has 0 spiro atoms. The Morgan fingerprint density at radius 2 is 1.92 bits per heavy atom. The van der Waals surface area contributed by atoms with Crippen LogP contribution in [0.15, 0.2) is 24.3 Å². The fourth-order valence-corrected chi connectivity index (χ4v) is 3.35. The van der Waals surface area contributed by atoms with E-state index in [1.807, 2.05) is 24.3 Å². The molecular formula is C19H27N3O4. The number of carbonyl (C=O) groups excluding carboxylic acids is 2. The van der Waals surface area contributed by atoms with E-state index in [-0.39, 0.29) is 24.3 Å². The number of ether oxygens (including phenoxy) is 2. The highest BCUT2D eigenvalue weighted by Gasteiger charge is 2.23. The summed E-state index contributed by atoms with van der Waals surface area (Å²) in [6.45, 7) is 4.04. The van der Waals surface area contributed by atoms with Gasteiger partial charge in [0.25, 0.3) is 0 Å². The van der Waals surface area contributed by atoms with Crippen molar-refractivity contribution in [2.75, 3.05) is 51.3 Å². The lowest BCUT2D eigenvalue weighted by Crippen LogP contribution is -2.49. The minimum Gasteiger partial charge on any atom is -0.497 e. The van der Waals surface area contributed by atoms with Crippen LogP contribution in [0.1, 0.15) is 19.3 Å². The first-order chi connectivity index (χ1) is 12.7. The summed E-state index contributed by atoms with van der Waals surface area (Å²) in [5.74, 6) is 0.504. The lowest BCUT2D eigenvalue weighted by atomic mass is 10.2. The third kappa shape index (κ3) is 4.88. The van der Waals surface area contributed by atoms with E-state index < -0.39 is 0 Å². The monoisotopic (exact) mass is 361 g/mol. The van der Waals surface area contributed by atoms with E-state index in [1.54, 1.807) is 12.0 Å². The fourth-order valence-electron chi connectivity index (χ4n) is 3.35. The number of hydrogen-bond donors (Lipinski definition) is 1. The summed E-state index contributed by atoms with van der Waals surface area (Å²) in [7, 11) is 1.65. The van der Waals surface area contributed by atoms with Crippen LogP contribution < -0.4 is 15.0 Å². The Morgan fingerprint density at radius 1 is 1.19 bits per heavy atom. The Labute approximate surface area is 154 Å². The van der Waals surface area contributed by atoms with Crippen LogP contribution in [-0.2, 0) is 14.3 Å². The SMILES string of the molecule is COc1ccc(N2CCN(C(=O)CC(=O)NCC3CCCO3)CC2)cc1. The van der Waals surface area contributed by atoms with Gasteiger partial charge in [0.05, 0.1) is 13.2 Å². The molecule has 2 aliphatic rings. The molecule has 0 radical (unpaired) electrons. The second-order valence-corrected chi connectivity index (χ2v) is 6.68. The van der Waals surface area contributed by atoms with Crippen LogP contribution in [0.25, 0.3) is 0 Å². The highest BCUT2D eigenvalue weighted by atomic mass is 16.5. The van der Waals surface area contributed by atoms with Gasteiger partial charge in [-0.05, 0) is 37.1 Å². The van der Waals surface area contributed by atoms with Gasteiger partial charge in [-0.2, -0.15) is 0 Å². The molecule has 1 unspecified atom stereocenters. The van der Waals surface area contributed by atoms with Gasteiger partial charge in [0.1, 0.15) is 12.2 Å². The quantitative estimate of drug-likeness (QED) is 0.767. The average Bonchev–Trinajstić information content (AvgIpc) is 3.20. The van der Waals surface area contributed by atoms with Crippen LogP contribution >= 0.6 is 0 Å². The zero-order valence-electron chi connectivity index (χ0n) is 15.3. The molecule has 142 valence electrons. The summed E-state index contributed by atoms with van der Waals surface area (Å²) < 4.78 is 10.6. The normalized spacial score (nSPS) is 20.1. The second-order valence-electron chi connectivity index (χ2n) is 6.68. The Kier molecular flexibility index (Phi) is 6.33. The number of rotatable bonds is 6. The highest BCUT2D eigenvalue weighted by molar-refractivity contribution is 5.97. The lowest BCUT2D eigenvalue weighted by molar-refractivity contribution is -0.136. The molecule has 7 nitrogen and oxygen atoms in total. The van der Waals surface area contributed by atoms with Gasteiger partial charge in [0.15, 0.2) is 0 Å². The number of benzene rings is 1. The number of anilines is 1. The molecule has 26 heavy (non-hydrogen) atoms. The van der Waals surface area contributed by atoms with Gasteiger partial charge in [-0.25, -0.2) is 0 Å². The van der Waals surface area contributed by atoms with Crippen LogP contribution in [0.5, 0.6) is 5.75 Å².